The second-order valence-corrected chi connectivity index (χ2v) is 8.31. The van der Waals surface area contributed by atoms with Gasteiger partial charge in [0.25, 0.3) is 5.91 Å². The number of ether oxygens (including phenoxy) is 1. The molecule has 0 aliphatic carbocycles. The van der Waals surface area contributed by atoms with Gasteiger partial charge in [0.05, 0.1) is 10.5 Å². The number of hydrogen-bond acceptors (Lipinski definition) is 5. The highest BCUT2D eigenvalue weighted by atomic mass is 32.2. The summed E-state index contributed by atoms with van der Waals surface area (Å²) in [6.07, 6.45) is 3.46. The molecule has 0 spiro atoms. The largest absolute Gasteiger partial charge is 0.452 e. The van der Waals surface area contributed by atoms with Gasteiger partial charge in [-0.05, 0) is 44.4 Å². The summed E-state index contributed by atoms with van der Waals surface area (Å²) >= 11 is 0. The summed E-state index contributed by atoms with van der Waals surface area (Å²) in [5.41, 5.74) is 0.110. The van der Waals surface area contributed by atoms with E-state index in [2.05, 4.69) is 5.32 Å². The number of benzene rings is 1. The van der Waals surface area contributed by atoms with E-state index in [1.54, 1.807) is 0 Å². The minimum absolute atomic E-state index is 0.0633. The predicted octanol–water partition coefficient (Wildman–Crippen LogP) is 1.93. The summed E-state index contributed by atoms with van der Waals surface area (Å²) in [6, 6.07) is 5.71. The highest BCUT2D eigenvalue weighted by molar-refractivity contribution is 7.89. The van der Waals surface area contributed by atoms with Gasteiger partial charge in [0, 0.05) is 19.1 Å². The van der Waals surface area contributed by atoms with Crippen molar-refractivity contribution in [2.75, 3.05) is 19.7 Å². The van der Waals surface area contributed by atoms with E-state index in [0.717, 1.165) is 25.7 Å². The van der Waals surface area contributed by atoms with Crippen molar-refractivity contribution in [3.05, 3.63) is 29.8 Å². The van der Waals surface area contributed by atoms with E-state index in [0.29, 0.717) is 13.1 Å². The van der Waals surface area contributed by atoms with Crippen molar-refractivity contribution in [3.8, 4) is 0 Å². The lowest BCUT2D eigenvalue weighted by Gasteiger charge is -2.32. The standard InChI is InChI=1S/C18H26N2O5S/c1-3-10-19-17(21)13-25-18(22)15-8-6-9-16(12-15)26(23,24)20-11-5-4-7-14(20)2/h6,8-9,12,14H,3-5,7,10-11,13H2,1-2H3,(H,19,21)/t14-/m1/s1. The molecule has 1 aliphatic rings. The van der Waals surface area contributed by atoms with Crippen LogP contribution in [0.3, 0.4) is 0 Å². The first kappa shape index (κ1) is 20.4. The first-order valence-corrected chi connectivity index (χ1v) is 10.4. The molecule has 1 aromatic carbocycles. The number of nitrogens with zero attached hydrogens (tertiary/aromatic N) is 1. The Bertz CT molecular complexity index is 748. The minimum Gasteiger partial charge on any atom is -0.452 e. The number of sulfonamides is 1. The fraction of sp³-hybridized carbons (Fsp3) is 0.556. The first-order valence-electron chi connectivity index (χ1n) is 8.92. The van der Waals surface area contributed by atoms with Crippen LogP contribution >= 0.6 is 0 Å². The van der Waals surface area contributed by atoms with Gasteiger partial charge in [-0.15, -0.1) is 0 Å². The van der Waals surface area contributed by atoms with Gasteiger partial charge in [-0.3, -0.25) is 4.79 Å². The van der Waals surface area contributed by atoms with Crippen LogP contribution in [0.5, 0.6) is 0 Å². The monoisotopic (exact) mass is 382 g/mol. The van der Waals surface area contributed by atoms with Crippen LogP contribution in [-0.4, -0.2) is 50.3 Å². The maximum Gasteiger partial charge on any atom is 0.338 e. The summed E-state index contributed by atoms with van der Waals surface area (Å²) in [7, 11) is -3.66. The van der Waals surface area contributed by atoms with Crippen LogP contribution in [0, 0.1) is 0 Å². The maximum atomic E-state index is 12.9. The molecule has 2 rings (SSSR count). The third-order valence-electron chi connectivity index (χ3n) is 4.32. The molecule has 1 atom stereocenters. The number of carbonyl (C=O) groups excluding carboxylic acids is 2. The van der Waals surface area contributed by atoms with Gasteiger partial charge >= 0.3 is 5.97 Å². The van der Waals surface area contributed by atoms with Gasteiger partial charge in [-0.1, -0.05) is 19.4 Å². The third-order valence-corrected chi connectivity index (χ3v) is 6.33. The molecule has 0 radical (unpaired) electrons. The van der Waals surface area contributed by atoms with Crippen LogP contribution < -0.4 is 5.32 Å². The Morgan fingerprint density at radius 2 is 2.08 bits per heavy atom. The van der Waals surface area contributed by atoms with E-state index in [1.165, 1.54) is 28.6 Å². The molecule has 1 saturated heterocycles. The third kappa shape index (κ3) is 5.04. The summed E-state index contributed by atoms with van der Waals surface area (Å²) in [5.74, 6) is -1.11. The molecule has 1 fully saturated rings. The van der Waals surface area contributed by atoms with Gasteiger partial charge in [-0.25, -0.2) is 13.2 Å². The number of amides is 1. The summed E-state index contributed by atoms with van der Waals surface area (Å²) < 4.78 is 32.2. The zero-order chi connectivity index (χ0) is 19.2. The zero-order valence-corrected chi connectivity index (χ0v) is 16.0. The Kier molecular flexibility index (Phi) is 7.16. The van der Waals surface area contributed by atoms with E-state index in [1.807, 2.05) is 13.8 Å². The lowest BCUT2D eigenvalue weighted by Crippen LogP contribution is -2.41. The van der Waals surface area contributed by atoms with Crippen LogP contribution in [0.1, 0.15) is 49.9 Å². The molecule has 8 heteroatoms. The van der Waals surface area contributed by atoms with Crippen molar-refractivity contribution in [2.45, 2.75) is 50.5 Å². The number of hydrogen-bond donors (Lipinski definition) is 1. The van der Waals surface area contributed by atoms with Crippen LogP contribution in [0.2, 0.25) is 0 Å². The Morgan fingerprint density at radius 1 is 1.31 bits per heavy atom. The van der Waals surface area contributed by atoms with Crippen molar-refractivity contribution in [1.29, 1.82) is 0 Å². The topological polar surface area (TPSA) is 92.8 Å². The Labute approximate surface area is 154 Å². The number of esters is 1. The van der Waals surface area contributed by atoms with Gasteiger partial charge in [-0.2, -0.15) is 4.31 Å². The van der Waals surface area contributed by atoms with Crippen LogP contribution in [0.15, 0.2) is 29.2 Å². The van der Waals surface area contributed by atoms with E-state index in [4.69, 9.17) is 4.74 Å². The molecule has 0 saturated carbocycles. The second-order valence-electron chi connectivity index (χ2n) is 6.41. The smallest absolute Gasteiger partial charge is 0.338 e. The minimum atomic E-state index is -3.66. The highest BCUT2D eigenvalue weighted by Gasteiger charge is 2.31. The van der Waals surface area contributed by atoms with Crippen LogP contribution in [0.25, 0.3) is 0 Å². The number of rotatable bonds is 7. The van der Waals surface area contributed by atoms with E-state index in [-0.39, 0.29) is 29.0 Å². The Morgan fingerprint density at radius 3 is 2.77 bits per heavy atom. The molecule has 0 aromatic heterocycles. The zero-order valence-electron chi connectivity index (χ0n) is 15.2. The van der Waals surface area contributed by atoms with Crippen molar-refractivity contribution in [3.63, 3.8) is 0 Å². The maximum absolute atomic E-state index is 12.9. The van der Waals surface area contributed by atoms with Crippen molar-refractivity contribution in [1.82, 2.24) is 9.62 Å². The predicted molar refractivity (Wildman–Crippen MR) is 97.2 cm³/mol. The van der Waals surface area contributed by atoms with Gasteiger partial charge in [0.2, 0.25) is 10.0 Å². The summed E-state index contributed by atoms with van der Waals surface area (Å²) in [4.78, 5) is 23.7. The molecule has 1 aliphatic heterocycles. The van der Waals surface area contributed by atoms with Gasteiger partial charge in [0.1, 0.15) is 0 Å². The normalized spacial score (nSPS) is 18.3. The Hall–Kier alpha value is -1.93. The SMILES string of the molecule is CCCNC(=O)COC(=O)c1cccc(S(=O)(=O)N2CCCC[C@H]2C)c1. The molecule has 7 nitrogen and oxygen atoms in total. The summed E-state index contributed by atoms with van der Waals surface area (Å²) in [5, 5.41) is 2.60. The van der Waals surface area contributed by atoms with Crippen molar-refractivity contribution < 1.29 is 22.7 Å². The lowest BCUT2D eigenvalue weighted by molar-refractivity contribution is -0.124. The van der Waals surface area contributed by atoms with Gasteiger partial charge < -0.3 is 10.1 Å². The molecule has 144 valence electrons. The molecule has 0 bridgehead atoms. The number of piperidine rings is 1. The molecule has 26 heavy (non-hydrogen) atoms. The van der Waals surface area contributed by atoms with Crippen molar-refractivity contribution in [2.24, 2.45) is 0 Å². The summed E-state index contributed by atoms with van der Waals surface area (Å²) in [6.45, 7) is 4.41. The molecular weight excluding hydrogens is 356 g/mol. The average Bonchev–Trinajstić information content (AvgIpc) is 2.64. The Balaban J connectivity index is 2.09. The van der Waals surface area contributed by atoms with Gasteiger partial charge in [0.15, 0.2) is 6.61 Å². The van der Waals surface area contributed by atoms with Crippen LogP contribution in [-0.2, 0) is 19.6 Å². The van der Waals surface area contributed by atoms with Crippen molar-refractivity contribution >= 4 is 21.9 Å². The number of nitrogens with one attached hydrogen (secondary N) is 1. The first-order chi connectivity index (χ1) is 12.4. The molecule has 0 unspecified atom stereocenters. The molecule has 1 heterocycles. The number of carbonyl (C=O) groups is 2. The highest BCUT2D eigenvalue weighted by Crippen LogP contribution is 2.25. The average molecular weight is 382 g/mol. The van der Waals surface area contributed by atoms with E-state index < -0.39 is 16.0 Å². The lowest BCUT2D eigenvalue weighted by atomic mass is 10.1. The fourth-order valence-electron chi connectivity index (χ4n) is 2.88. The second kappa shape index (κ2) is 9.14. The van der Waals surface area contributed by atoms with Crippen LogP contribution in [0.4, 0.5) is 0 Å². The quantitative estimate of drug-likeness (QED) is 0.728. The molecule has 1 aromatic rings. The van der Waals surface area contributed by atoms with E-state index in [9.17, 15) is 18.0 Å². The molecule has 1 amide bonds. The fourth-order valence-corrected chi connectivity index (χ4v) is 4.62. The molecular formula is C18H26N2O5S. The molecule has 1 N–H and O–H groups in total. The van der Waals surface area contributed by atoms with E-state index >= 15 is 0 Å².